The van der Waals surface area contributed by atoms with Crippen LogP contribution in [0.3, 0.4) is 0 Å². The quantitative estimate of drug-likeness (QED) is 0.847. The highest BCUT2D eigenvalue weighted by molar-refractivity contribution is 9.10. The molecule has 0 amide bonds. The van der Waals surface area contributed by atoms with Crippen molar-refractivity contribution in [3.05, 3.63) is 34.3 Å². The van der Waals surface area contributed by atoms with Crippen molar-refractivity contribution >= 4 is 15.9 Å². The number of hydrogen-bond acceptors (Lipinski definition) is 1. The predicted molar refractivity (Wildman–Crippen MR) is 65.8 cm³/mol. The van der Waals surface area contributed by atoms with Crippen LogP contribution in [-0.2, 0) is 0 Å². The van der Waals surface area contributed by atoms with Crippen LogP contribution < -0.4 is 5.32 Å². The fourth-order valence-electron chi connectivity index (χ4n) is 1.72. The molecule has 0 heterocycles. The number of alkyl halides is 3. The molecule has 0 aliphatic rings. The summed E-state index contributed by atoms with van der Waals surface area (Å²) in [5.74, 6) is 0. The van der Waals surface area contributed by atoms with Crippen molar-refractivity contribution in [2.45, 2.75) is 31.5 Å². The minimum atomic E-state index is -4.06. The second kappa shape index (κ2) is 6.40. The molecule has 17 heavy (non-hydrogen) atoms. The Morgan fingerprint density at radius 2 is 1.94 bits per heavy atom. The van der Waals surface area contributed by atoms with Gasteiger partial charge in [0.2, 0.25) is 0 Å². The predicted octanol–water partition coefficient (Wildman–Crippen LogP) is 4.44. The Hall–Kier alpha value is -0.550. The first-order valence-electron chi connectivity index (χ1n) is 5.42. The van der Waals surface area contributed by atoms with Crippen LogP contribution in [0.15, 0.2) is 28.7 Å². The van der Waals surface area contributed by atoms with Crippen LogP contribution in [0.5, 0.6) is 0 Å². The Morgan fingerprint density at radius 1 is 1.29 bits per heavy atom. The Labute approximate surface area is 108 Å². The lowest BCUT2D eigenvalue weighted by molar-refractivity contribution is -0.135. The molecule has 1 nitrogen and oxygen atoms in total. The second-order valence-electron chi connectivity index (χ2n) is 3.87. The van der Waals surface area contributed by atoms with Gasteiger partial charge in [-0.25, -0.2) is 0 Å². The summed E-state index contributed by atoms with van der Waals surface area (Å²) in [5.41, 5.74) is 0.997. The van der Waals surface area contributed by atoms with Crippen LogP contribution in [0.25, 0.3) is 0 Å². The van der Waals surface area contributed by atoms with Crippen LogP contribution in [0, 0.1) is 0 Å². The van der Waals surface area contributed by atoms with Crippen LogP contribution in [-0.4, -0.2) is 13.2 Å². The first kappa shape index (κ1) is 14.5. The van der Waals surface area contributed by atoms with Gasteiger partial charge < -0.3 is 5.32 Å². The molecule has 0 aliphatic carbocycles. The van der Waals surface area contributed by atoms with E-state index in [0.29, 0.717) is 6.42 Å². The molecule has 1 N–H and O–H groups in total. The zero-order chi connectivity index (χ0) is 12.9. The molecular formula is C12H15BrF3N. The topological polar surface area (TPSA) is 12.0 Å². The van der Waals surface area contributed by atoms with E-state index >= 15 is 0 Å². The maximum atomic E-state index is 12.1. The van der Waals surface area contributed by atoms with E-state index in [2.05, 4.69) is 21.2 Å². The van der Waals surface area contributed by atoms with Crippen molar-refractivity contribution in [1.82, 2.24) is 5.32 Å². The molecule has 1 unspecified atom stereocenters. The lowest BCUT2D eigenvalue weighted by Gasteiger charge is -2.18. The highest BCUT2D eigenvalue weighted by atomic mass is 79.9. The number of nitrogens with one attached hydrogen (secondary N) is 1. The molecule has 0 spiro atoms. The van der Waals surface area contributed by atoms with E-state index in [1.54, 1.807) is 7.05 Å². The molecule has 0 aliphatic heterocycles. The van der Waals surface area contributed by atoms with Gasteiger partial charge >= 0.3 is 6.18 Å². The zero-order valence-electron chi connectivity index (χ0n) is 9.52. The van der Waals surface area contributed by atoms with Crippen molar-refractivity contribution < 1.29 is 13.2 Å². The van der Waals surface area contributed by atoms with Crippen LogP contribution in [0.1, 0.15) is 30.9 Å². The van der Waals surface area contributed by atoms with Gasteiger partial charge in [0.25, 0.3) is 0 Å². The summed E-state index contributed by atoms with van der Waals surface area (Å²) >= 11 is 3.41. The molecule has 0 aromatic heterocycles. The Morgan fingerprint density at radius 3 is 2.47 bits per heavy atom. The number of rotatable bonds is 5. The number of halogens is 4. The molecule has 1 rings (SSSR count). The van der Waals surface area contributed by atoms with E-state index in [9.17, 15) is 13.2 Å². The SMILES string of the molecule is CNC(CCCC(F)(F)F)c1ccccc1Br. The van der Waals surface area contributed by atoms with Gasteiger partial charge in [-0.15, -0.1) is 0 Å². The second-order valence-corrected chi connectivity index (χ2v) is 4.72. The smallest absolute Gasteiger partial charge is 0.313 e. The van der Waals surface area contributed by atoms with E-state index in [0.717, 1.165) is 10.0 Å². The maximum Gasteiger partial charge on any atom is 0.389 e. The normalized spacial score (nSPS) is 13.7. The average molecular weight is 310 g/mol. The van der Waals surface area contributed by atoms with Crippen LogP contribution >= 0.6 is 15.9 Å². The van der Waals surface area contributed by atoms with Gasteiger partial charge in [0, 0.05) is 16.9 Å². The zero-order valence-corrected chi connectivity index (χ0v) is 11.1. The number of benzene rings is 1. The van der Waals surface area contributed by atoms with E-state index in [1.165, 1.54) is 0 Å². The van der Waals surface area contributed by atoms with E-state index in [-0.39, 0.29) is 12.5 Å². The molecule has 1 atom stereocenters. The van der Waals surface area contributed by atoms with Gasteiger partial charge in [-0.3, -0.25) is 0 Å². The van der Waals surface area contributed by atoms with Gasteiger partial charge in [-0.2, -0.15) is 13.2 Å². The molecule has 0 saturated carbocycles. The summed E-state index contributed by atoms with van der Waals surface area (Å²) < 4.78 is 37.1. The van der Waals surface area contributed by atoms with Crippen molar-refractivity contribution in [3.63, 3.8) is 0 Å². The van der Waals surface area contributed by atoms with Crippen molar-refractivity contribution in [1.29, 1.82) is 0 Å². The minimum Gasteiger partial charge on any atom is -0.313 e. The average Bonchev–Trinajstić information content (AvgIpc) is 2.24. The highest BCUT2D eigenvalue weighted by Crippen LogP contribution is 2.29. The van der Waals surface area contributed by atoms with Gasteiger partial charge in [0.05, 0.1) is 0 Å². The molecule has 5 heteroatoms. The van der Waals surface area contributed by atoms with Gasteiger partial charge in [-0.05, 0) is 31.5 Å². The third-order valence-electron chi connectivity index (χ3n) is 2.58. The fourth-order valence-corrected chi connectivity index (χ4v) is 2.28. The lowest BCUT2D eigenvalue weighted by Crippen LogP contribution is -2.18. The molecule has 0 radical (unpaired) electrons. The van der Waals surface area contributed by atoms with Crippen molar-refractivity contribution in [3.8, 4) is 0 Å². The summed E-state index contributed by atoms with van der Waals surface area (Å²) in [5, 5.41) is 3.05. The molecule has 96 valence electrons. The van der Waals surface area contributed by atoms with E-state index in [4.69, 9.17) is 0 Å². The maximum absolute atomic E-state index is 12.1. The third-order valence-corrected chi connectivity index (χ3v) is 3.30. The fraction of sp³-hybridized carbons (Fsp3) is 0.500. The molecular weight excluding hydrogens is 295 g/mol. The summed E-state index contributed by atoms with van der Waals surface area (Å²) in [7, 11) is 1.76. The molecule has 0 fully saturated rings. The largest absolute Gasteiger partial charge is 0.389 e. The monoisotopic (exact) mass is 309 g/mol. The summed E-state index contributed by atoms with van der Waals surface area (Å²) in [6, 6.07) is 7.53. The standard InChI is InChI=1S/C12H15BrF3N/c1-17-11(7-4-8-12(14,15)16)9-5-2-3-6-10(9)13/h2-3,5-6,11,17H,4,7-8H2,1H3. The Bertz CT molecular complexity index is 352. The molecule has 0 bridgehead atoms. The summed E-state index contributed by atoms with van der Waals surface area (Å²) in [4.78, 5) is 0. The first-order valence-corrected chi connectivity index (χ1v) is 6.22. The van der Waals surface area contributed by atoms with Crippen LogP contribution in [0.2, 0.25) is 0 Å². The number of hydrogen-bond donors (Lipinski definition) is 1. The molecule has 1 aromatic rings. The Balaban J connectivity index is 2.58. The van der Waals surface area contributed by atoms with Gasteiger partial charge in [0.1, 0.15) is 0 Å². The minimum absolute atomic E-state index is 0.0482. The van der Waals surface area contributed by atoms with Crippen molar-refractivity contribution in [2.75, 3.05) is 7.05 Å². The summed E-state index contributed by atoms with van der Waals surface area (Å²) in [6.45, 7) is 0. The van der Waals surface area contributed by atoms with Gasteiger partial charge in [0.15, 0.2) is 0 Å². The molecule has 0 saturated heterocycles. The lowest BCUT2D eigenvalue weighted by atomic mass is 10.0. The summed E-state index contributed by atoms with van der Waals surface area (Å²) in [6.07, 6.45) is -4.18. The third kappa shape index (κ3) is 5.08. The highest BCUT2D eigenvalue weighted by Gasteiger charge is 2.26. The Kier molecular flexibility index (Phi) is 5.46. The van der Waals surface area contributed by atoms with E-state index < -0.39 is 12.6 Å². The molecule has 1 aromatic carbocycles. The van der Waals surface area contributed by atoms with Crippen LogP contribution in [0.4, 0.5) is 13.2 Å². The van der Waals surface area contributed by atoms with Gasteiger partial charge in [-0.1, -0.05) is 34.1 Å². The first-order chi connectivity index (χ1) is 7.94. The van der Waals surface area contributed by atoms with E-state index in [1.807, 2.05) is 24.3 Å². The van der Waals surface area contributed by atoms with Crippen molar-refractivity contribution in [2.24, 2.45) is 0 Å².